The minimum absolute atomic E-state index is 0.0332. The van der Waals surface area contributed by atoms with Gasteiger partial charge < -0.3 is 9.84 Å². The third-order valence-electron chi connectivity index (χ3n) is 6.31. The monoisotopic (exact) mass is 408 g/mol. The summed E-state index contributed by atoms with van der Waals surface area (Å²) in [6, 6.07) is 9.94. The van der Waals surface area contributed by atoms with Crippen LogP contribution in [0.15, 0.2) is 41.1 Å². The van der Waals surface area contributed by atoms with E-state index >= 15 is 0 Å². The van der Waals surface area contributed by atoms with Crippen LogP contribution < -0.4 is 5.32 Å². The fourth-order valence-electron chi connectivity index (χ4n) is 5.03. The summed E-state index contributed by atoms with van der Waals surface area (Å²) in [6.07, 6.45) is 5.86. The van der Waals surface area contributed by atoms with E-state index in [4.69, 9.17) is 9.51 Å². The van der Waals surface area contributed by atoms with E-state index in [1.54, 1.807) is 17.5 Å². The first-order valence-electron chi connectivity index (χ1n) is 10.3. The number of carbonyl (C=O) groups is 1. The van der Waals surface area contributed by atoms with Gasteiger partial charge in [0.1, 0.15) is 0 Å². The lowest BCUT2D eigenvalue weighted by molar-refractivity contribution is -0.127. The van der Waals surface area contributed by atoms with Crippen LogP contribution in [-0.2, 0) is 11.2 Å². The topological polar surface area (TPSA) is 80.9 Å². The second-order valence-electron chi connectivity index (χ2n) is 8.11. The maximum Gasteiger partial charge on any atom is 0.231 e. The molecule has 1 amide bonds. The predicted octanol–water partition coefficient (Wildman–Crippen LogP) is 3.99. The van der Waals surface area contributed by atoms with Crippen molar-refractivity contribution < 1.29 is 9.32 Å². The first-order chi connectivity index (χ1) is 14.2. The molecule has 1 N–H and O–H groups in total. The van der Waals surface area contributed by atoms with E-state index in [2.05, 4.69) is 28.4 Å². The number of carbonyl (C=O) groups excluding carboxylic acids is 1. The standard InChI is InChI=1S/C22H24N4O2S/c1-13-5-8-17(29-13)20-25-22(28-26-20)19-15-7-6-14(12-15)18(19)21(27)24-11-9-16-4-2-3-10-23-16/h2-5,8,10,14-15,18-19H,6-7,9,11-12H2,1H3,(H,24,27)/t14-,15+,18-,19-/m0/s1. The van der Waals surface area contributed by atoms with Crippen molar-refractivity contribution in [1.82, 2.24) is 20.4 Å². The number of rotatable bonds is 6. The highest BCUT2D eigenvalue weighted by Crippen LogP contribution is 2.56. The molecule has 0 aliphatic heterocycles. The zero-order chi connectivity index (χ0) is 19.8. The summed E-state index contributed by atoms with van der Waals surface area (Å²) >= 11 is 1.66. The van der Waals surface area contributed by atoms with Crippen molar-refractivity contribution >= 4 is 17.2 Å². The zero-order valence-corrected chi connectivity index (χ0v) is 17.2. The molecule has 0 saturated heterocycles. The SMILES string of the molecule is Cc1ccc(-c2noc([C@H]3[C@@H]4CC[C@@H](C4)[C@@H]3C(=O)NCCc3ccccn3)n2)s1. The van der Waals surface area contributed by atoms with Crippen LogP contribution >= 0.6 is 11.3 Å². The number of fused-ring (bicyclic) bond motifs is 2. The molecule has 4 atom stereocenters. The average molecular weight is 409 g/mol. The first kappa shape index (κ1) is 18.5. The van der Waals surface area contributed by atoms with E-state index in [0.29, 0.717) is 30.1 Å². The molecular formula is C22H24N4O2S. The Bertz CT molecular complexity index is 999. The molecule has 29 heavy (non-hydrogen) atoms. The van der Waals surface area contributed by atoms with E-state index in [0.717, 1.165) is 36.3 Å². The lowest BCUT2D eigenvalue weighted by Crippen LogP contribution is -2.38. The molecule has 7 heteroatoms. The number of thiophene rings is 1. The van der Waals surface area contributed by atoms with Gasteiger partial charge in [-0.2, -0.15) is 4.98 Å². The largest absolute Gasteiger partial charge is 0.355 e. The van der Waals surface area contributed by atoms with Crippen molar-refractivity contribution in [1.29, 1.82) is 0 Å². The number of pyridine rings is 1. The van der Waals surface area contributed by atoms with Crippen molar-refractivity contribution in [2.24, 2.45) is 17.8 Å². The van der Waals surface area contributed by atoms with E-state index < -0.39 is 0 Å². The molecule has 3 aromatic rings. The number of nitrogens with zero attached hydrogens (tertiary/aromatic N) is 3. The summed E-state index contributed by atoms with van der Waals surface area (Å²) in [6.45, 7) is 2.66. The van der Waals surface area contributed by atoms with Gasteiger partial charge in [0.15, 0.2) is 0 Å². The van der Waals surface area contributed by atoms with E-state index in [1.165, 1.54) is 4.88 Å². The minimum atomic E-state index is -0.0733. The second kappa shape index (κ2) is 7.71. The van der Waals surface area contributed by atoms with Crippen LogP contribution in [0.5, 0.6) is 0 Å². The molecule has 2 aliphatic carbocycles. The van der Waals surface area contributed by atoms with Crippen LogP contribution in [0.1, 0.15) is 41.6 Å². The molecule has 2 fully saturated rings. The summed E-state index contributed by atoms with van der Waals surface area (Å²) in [5, 5.41) is 7.34. The van der Waals surface area contributed by atoms with Crippen LogP contribution in [0.25, 0.3) is 10.7 Å². The summed E-state index contributed by atoms with van der Waals surface area (Å²) in [7, 11) is 0. The van der Waals surface area contributed by atoms with Crippen LogP contribution in [0.4, 0.5) is 0 Å². The molecule has 6 nitrogen and oxygen atoms in total. The van der Waals surface area contributed by atoms with E-state index in [9.17, 15) is 4.79 Å². The van der Waals surface area contributed by atoms with Gasteiger partial charge in [-0.1, -0.05) is 11.2 Å². The number of aromatic nitrogens is 3. The smallest absolute Gasteiger partial charge is 0.231 e. The van der Waals surface area contributed by atoms with Gasteiger partial charge >= 0.3 is 0 Å². The Morgan fingerprint density at radius 3 is 2.93 bits per heavy atom. The van der Waals surface area contributed by atoms with E-state index in [1.807, 2.05) is 24.3 Å². The van der Waals surface area contributed by atoms with Crippen molar-refractivity contribution in [3.05, 3.63) is 53.0 Å². The predicted molar refractivity (Wildman–Crippen MR) is 110 cm³/mol. The van der Waals surface area contributed by atoms with Gasteiger partial charge in [-0.25, -0.2) is 0 Å². The summed E-state index contributed by atoms with van der Waals surface area (Å²) in [5.41, 5.74) is 0.991. The minimum Gasteiger partial charge on any atom is -0.355 e. The fraction of sp³-hybridized carbons (Fsp3) is 0.455. The quantitative estimate of drug-likeness (QED) is 0.667. The molecule has 150 valence electrons. The second-order valence-corrected chi connectivity index (χ2v) is 9.40. The number of amides is 1. The number of aryl methyl sites for hydroxylation is 1. The van der Waals surface area contributed by atoms with Crippen molar-refractivity contribution in [3.63, 3.8) is 0 Å². The molecule has 0 radical (unpaired) electrons. The highest BCUT2D eigenvalue weighted by Gasteiger charge is 2.53. The van der Waals surface area contributed by atoms with Gasteiger partial charge in [-0.15, -0.1) is 11.3 Å². The van der Waals surface area contributed by atoms with Gasteiger partial charge in [0.2, 0.25) is 17.6 Å². The van der Waals surface area contributed by atoms with Crippen molar-refractivity contribution in [3.8, 4) is 10.7 Å². The summed E-state index contributed by atoms with van der Waals surface area (Å²) in [5.74, 6) is 2.22. The van der Waals surface area contributed by atoms with Crippen LogP contribution in [0, 0.1) is 24.7 Å². The molecular weight excluding hydrogens is 384 g/mol. The maximum absolute atomic E-state index is 13.1. The molecule has 0 aromatic carbocycles. The highest BCUT2D eigenvalue weighted by atomic mass is 32.1. The molecule has 2 bridgehead atoms. The fourth-order valence-corrected chi connectivity index (χ4v) is 5.82. The van der Waals surface area contributed by atoms with Crippen LogP contribution in [-0.4, -0.2) is 27.6 Å². The van der Waals surface area contributed by atoms with Gasteiger partial charge in [0, 0.05) is 29.7 Å². The average Bonchev–Trinajstić information content (AvgIpc) is 3.51. The van der Waals surface area contributed by atoms with E-state index in [-0.39, 0.29) is 17.7 Å². The van der Waals surface area contributed by atoms with Crippen molar-refractivity contribution in [2.45, 2.75) is 38.5 Å². The maximum atomic E-state index is 13.1. The van der Waals surface area contributed by atoms with Crippen molar-refractivity contribution in [2.75, 3.05) is 6.54 Å². The Morgan fingerprint density at radius 1 is 1.24 bits per heavy atom. The molecule has 5 rings (SSSR count). The lowest BCUT2D eigenvalue weighted by atomic mass is 9.78. The van der Waals surface area contributed by atoms with Gasteiger partial charge in [-0.3, -0.25) is 9.78 Å². The Morgan fingerprint density at radius 2 is 2.14 bits per heavy atom. The zero-order valence-electron chi connectivity index (χ0n) is 16.4. The third kappa shape index (κ3) is 3.59. The number of nitrogens with one attached hydrogen (secondary N) is 1. The molecule has 3 aromatic heterocycles. The lowest BCUT2D eigenvalue weighted by Gasteiger charge is -2.27. The molecule has 3 heterocycles. The molecule has 0 spiro atoms. The van der Waals surface area contributed by atoms with Gasteiger partial charge in [-0.05, 0) is 62.3 Å². The molecule has 2 saturated carbocycles. The summed E-state index contributed by atoms with van der Waals surface area (Å²) < 4.78 is 5.67. The Kier molecular flexibility index (Phi) is 4.91. The van der Waals surface area contributed by atoms with Gasteiger partial charge in [0.05, 0.1) is 16.7 Å². The highest BCUT2D eigenvalue weighted by molar-refractivity contribution is 7.15. The third-order valence-corrected chi connectivity index (χ3v) is 7.31. The number of hydrogen-bond donors (Lipinski definition) is 1. The van der Waals surface area contributed by atoms with Crippen LogP contribution in [0.3, 0.4) is 0 Å². The summed E-state index contributed by atoms with van der Waals surface area (Å²) in [4.78, 5) is 24.3. The molecule has 2 aliphatic rings. The Balaban J connectivity index is 1.30. The Hall–Kier alpha value is -2.54. The number of hydrogen-bond acceptors (Lipinski definition) is 6. The normalized spacial score (nSPS) is 25.4. The van der Waals surface area contributed by atoms with Crippen LogP contribution in [0.2, 0.25) is 0 Å². The Labute approximate surface area is 173 Å². The molecule has 0 unspecified atom stereocenters. The van der Waals surface area contributed by atoms with Gasteiger partial charge in [0.25, 0.3) is 0 Å². The first-order valence-corrected chi connectivity index (χ1v) is 11.1.